The fraction of sp³-hybridized carbons (Fsp3) is 0.357. The van der Waals surface area contributed by atoms with Crippen molar-refractivity contribution in [3.05, 3.63) is 36.0 Å². The van der Waals surface area contributed by atoms with Gasteiger partial charge in [-0.25, -0.2) is 0 Å². The van der Waals surface area contributed by atoms with Gasteiger partial charge in [-0.15, -0.1) is 0 Å². The number of aromatic nitrogens is 1. The van der Waals surface area contributed by atoms with Crippen LogP contribution in [0.5, 0.6) is 0 Å². The van der Waals surface area contributed by atoms with Crippen LogP contribution in [0.4, 0.5) is 0 Å². The largest absolute Gasteiger partial charge is 0.480 e. The summed E-state index contributed by atoms with van der Waals surface area (Å²) < 4.78 is 0. The molecule has 1 aromatic carbocycles. The summed E-state index contributed by atoms with van der Waals surface area (Å²) in [6.07, 6.45) is 2.01. The maximum absolute atomic E-state index is 10.5. The zero-order valence-corrected chi connectivity index (χ0v) is 10.7. The molecule has 0 saturated heterocycles. The van der Waals surface area contributed by atoms with Crippen molar-refractivity contribution in [1.29, 1.82) is 0 Å². The lowest BCUT2D eigenvalue weighted by Crippen LogP contribution is -2.35. The second-order valence-corrected chi connectivity index (χ2v) is 5.13. The number of benzene rings is 1. The van der Waals surface area contributed by atoms with Crippen molar-refractivity contribution in [2.45, 2.75) is 19.3 Å². The van der Waals surface area contributed by atoms with Crippen LogP contribution in [0.25, 0.3) is 10.9 Å². The lowest BCUT2D eigenvalue weighted by atomic mass is 9.84. The van der Waals surface area contributed by atoms with E-state index in [0.29, 0.717) is 6.54 Å². The summed E-state index contributed by atoms with van der Waals surface area (Å²) in [5.74, 6) is -0.829. The van der Waals surface area contributed by atoms with Gasteiger partial charge in [-0.2, -0.15) is 0 Å². The van der Waals surface area contributed by atoms with E-state index in [0.717, 1.165) is 5.52 Å². The predicted molar refractivity (Wildman–Crippen MR) is 71.8 cm³/mol. The van der Waals surface area contributed by atoms with E-state index in [1.807, 2.05) is 24.4 Å². The summed E-state index contributed by atoms with van der Waals surface area (Å²) in [4.78, 5) is 13.8. The van der Waals surface area contributed by atoms with Crippen LogP contribution >= 0.6 is 0 Å². The quantitative estimate of drug-likeness (QED) is 0.757. The average molecular weight is 246 g/mol. The third-order valence-electron chi connectivity index (χ3n) is 3.16. The van der Waals surface area contributed by atoms with Crippen molar-refractivity contribution in [2.75, 3.05) is 13.1 Å². The van der Waals surface area contributed by atoms with E-state index in [-0.39, 0.29) is 12.0 Å². The molecule has 0 bridgehead atoms. The smallest absolute Gasteiger partial charge is 0.317 e. The molecule has 0 aliphatic carbocycles. The Bertz CT molecular complexity index is 558. The van der Waals surface area contributed by atoms with E-state index < -0.39 is 5.97 Å². The van der Waals surface area contributed by atoms with Gasteiger partial charge in [-0.05, 0) is 11.6 Å². The molecule has 1 heterocycles. The number of aliphatic carboxylic acids is 1. The highest BCUT2D eigenvalue weighted by Crippen LogP contribution is 2.29. The zero-order valence-electron chi connectivity index (χ0n) is 10.7. The number of carbonyl (C=O) groups is 1. The van der Waals surface area contributed by atoms with E-state index in [1.54, 1.807) is 0 Å². The highest BCUT2D eigenvalue weighted by molar-refractivity contribution is 5.84. The minimum Gasteiger partial charge on any atom is -0.480 e. The number of carboxylic acid groups (broad SMARTS) is 1. The van der Waals surface area contributed by atoms with Crippen molar-refractivity contribution in [3.63, 3.8) is 0 Å². The first-order valence-corrected chi connectivity index (χ1v) is 6.00. The first-order chi connectivity index (χ1) is 8.50. The predicted octanol–water partition coefficient (Wildman–Crippen LogP) is 2.12. The zero-order chi connectivity index (χ0) is 13.2. The molecule has 2 aromatic rings. The Morgan fingerprint density at radius 3 is 2.83 bits per heavy atom. The molecular weight excluding hydrogens is 228 g/mol. The molecule has 0 unspecified atom stereocenters. The van der Waals surface area contributed by atoms with Crippen LogP contribution in [0.15, 0.2) is 30.5 Å². The molecule has 0 aliphatic rings. The van der Waals surface area contributed by atoms with Gasteiger partial charge >= 0.3 is 5.97 Å². The second kappa shape index (κ2) is 4.82. The van der Waals surface area contributed by atoms with Crippen molar-refractivity contribution in [2.24, 2.45) is 0 Å². The number of H-pyrrole nitrogens is 1. The molecule has 4 heteroatoms. The summed E-state index contributed by atoms with van der Waals surface area (Å²) in [5, 5.41) is 12.8. The number of para-hydroxylation sites is 1. The second-order valence-electron chi connectivity index (χ2n) is 5.13. The summed E-state index contributed by atoms with van der Waals surface area (Å²) in [6, 6.07) is 8.14. The van der Waals surface area contributed by atoms with Crippen LogP contribution in [0.3, 0.4) is 0 Å². The van der Waals surface area contributed by atoms with Crippen LogP contribution in [0.1, 0.15) is 19.4 Å². The van der Waals surface area contributed by atoms with Gasteiger partial charge in [0.2, 0.25) is 0 Å². The van der Waals surface area contributed by atoms with Crippen molar-refractivity contribution < 1.29 is 9.90 Å². The summed E-state index contributed by atoms with van der Waals surface area (Å²) in [5.41, 5.74) is 2.20. The van der Waals surface area contributed by atoms with Gasteiger partial charge in [0, 0.05) is 29.1 Å². The highest BCUT2D eigenvalue weighted by Gasteiger charge is 2.23. The number of nitrogens with one attached hydrogen (secondary N) is 2. The Morgan fingerprint density at radius 1 is 1.39 bits per heavy atom. The Morgan fingerprint density at radius 2 is 2.11 bits per heavy atom. The number of fused-ring (bicyclic) bond motifs is 1. The molecule has 0 radical (unpaired) electrons. The fourth-order valence-corrected chi connectivity index (χ4v) is 2.21. The molecule has 0 fully saturated rings. The molecular formula is C14H18N2O2. The Kier molecular flexibility index (Phi) is 3.39. The van der Waals surface area contributed by atoms with Crippen LogP contribution in [-0.2, 0) is 10.2 Å². The molecule has 0 spiro atoms. The molecule has 0 amide bonds. The molecule has 4 nitrogen and oxygen atoms in total. The van der Waals surface area contributed by atoms with E-state index in [9.17, 15) is 4.79 Å². The number of aromatic amines is 1. The first-order valence-electron chi connectivity index (χ1n) is 6.00. The monoisotopic (exact) mass is 246 g/mol. The fourth-order valence-electron chi connectivity index (χ4n) is 2.21. The minimum absolute atomic E-state index is 0.00815. The molecule has 0 atom stereocenters. The molecule has 18 heavy (non-hydrogen) atoms. The van der Waals surface area contributed by atoms with Crippen LogP contribution in [0.2, 0.25) is 0 Å². The third kappa shape index (κ3) is 2.54. The van der Waals surface area contributed by atoms with Crippen molar-refractivity contribution >= 4 is 16.9 Å². The van der Waals surface area contributed by atoms with Gasteiger partial charge in [0.1, 0.15) is 0 Å². The van der Waals surface area contributed by atoms with E-state index in [1.165, 1.54) is 10.9 Å². The van der Waals surface area contributed by atoms with E-state index in [4.69, 9.17) is 5.11 Å². The highest BCUT2D eigenvalue weighted by atomic mass is 16.4. The lowest BCUT2D eigenvalue weighted by molar-refractivity contribution is -0.136. The van der Waals surface area contributed by atoms with Crippen molar-refractivity contribution in [1.82, 2.24) is 10.3 Å². The average Bonchev–Trinajstić information content (AvgIpc) is 2.72. The number of rotatable bonds is 5. The Labute approximate surface area is 106 Å². The SMILES string of the molecule is CC(C)(CNCC(=O)O)c1c[nH]c2ccccc12. The normalized spacial score (nSPS) is 11.9. The van der Waals surface area contributed by atoms with Crippen molar-refractivity contribution in [3.8, 4) is 0 Å². The van der Waals surface area contributed by atoms with Gasteiger partial charge in [0.05, 0.1) is 6.54 Å². The Balaban J connectivity index is 2.20. The van der Waals surface area contributed by atoms with Gasteiger partial charge in [0.25, 0.3) is 0 Å². The van der Waals surface area contributed by atoms with E-state index in [2.05, 4.69) is 30.2 Å². The number of hydrogen-bond donors (Lipinski definition) is 3. The molecule has 1 aromatic heterocycles. The molecule has 0 aliphatic heterocycles. The van der Waals surface area contributed by atoms with Crippen LogP contribution in [0, 0.1) is 0 Å². The summed E-state index contributed by atoms with van der Waals surface area (Å²) in [6.45, 7) is 4.84. The standard InChI is InChI=1S/C14H18N2O2/c1-14(2,9-15-8-13(17)18)11-7-16-12-6-4-3-5-10(11)12/h3-7,15-16H,8-9H2,1-2H3,(H,17,18). The summed E-state index contributed by atoms with van der Waals surface area (Å²) >= 11 is 0. The topological polar surface area (TPSA) is 65.1 Å². The first kappa shape index (κ1) is 12.6. The van der Waals surface area contributed by atoms with Crippen LogP contribution < -0.4 is 5.32 Å². The Hall–Kier alpha value is -1.81. The van der Waals surface area contributed by atoms with Gasteiger partial charge in [-0.1, -0.05) is 32.0 Å². The van der Waals surface area contributed by atoms with Crippen LogP contribution in [-0.4, -0.2) is 29.1 Å². The molecule has 0 saturated carbocycles. The third-order valence-corrected chi connectivity index (χ3v) is 3.16. The maximum atomic E-state index is 10.5. The van der Waals surface area contributed by atoms with Gasteiger partial charge in [-0.3, -0.25) is 4.79 Å². The van der Waals surface area contributed by atoms with Gasteiger partial charge < -0.3 is 15.4 Å². The maximum Gasteiger partial charge on any atom is 0.317 e. The summed E-state index contributed by atoms with van der Waals surface area (Å²) in [7, 11) is 0. The molecule has 2 rings (SSSR count). The molecule has 96 valence electrons. The number of carboxylic acids is 1. The minimum atomic E-state index is -0.829. The van der Waals surface area contributed by atoms with Gasteiger partial charge in [0.15, 0.2) is 0 Å². The lowest BCUT2D eigenvalue weighted by Gasteiger charge is -2.24. The molecule has 3 N–H and O–H groups in total. The van der Waals surface area contributed by atoms with E-state index >= 15 is 0 Å². The number of hydrogen-bond acceptors (Lipinski definition) is 2.